The predicted octanol–water partition coefficient (Wildman–Crippen LogP) is 2.82. The molecular formula is C13H11ClN2O2. The summed E-state index contributed by atoms with van der Waals surface area (Å²) in [5, 5.41) is 2.65. The zero-order valence-corrected chi connectivity index (χ0v) is 10.2. The standard InChI is InChI=1S/C13H11ClN2O2/c14-6-2-8-16-13(17)12-5-4-11(18-12)10-3-1-7-15-9-10/h1-7,9H,8H2,(H,16,17). The van der Waals surface area contributed by atoms with Crippen LogP contribution in [0.4, 0.5) is 0 Å². The van der Waals surface area contributed by atoms with Crippen molar-refractivity contribution in [1.82, 2.24) is 10.3 Å². The molecule has 1 N–H and O–H groups in total. The SMILES string of the molecule is O=C(NCC=CCl)c1ccc(-c2cccnc2)o1. The highest BCUT2D eigenvalue weighted by Crippen LogP contribution is 2.20. The van der Waals surface area contributed by atoms with E-state index in [-0.39, 0.29) is 11.7 Å². The van der Waals surface area contributed by atoms with Gasteiger partial charge in [-0.15, -0.1) is 0 Å². The van der Waals surface area contributed by atoms with E-state index >= 15 is 0 Å². The minimum atomic E-state index is -0.278. The van der Waals surface area contributed by atoms with Gasteiger partial charge < -0.3 is 9.73 Å². The minimum Gasteiger partial charge on any atom is -0.451 e. The molecule has 2 heterocycles. The molecule has 0 fully saturated rings. The average molecular weight is 263 g/mol. The second-order valence-electron chi connectivity index (χ2n) is 3.48. The van der Waals surface area contributed by atoms with Crippen molar-refractivity contribution >= 4 is 17.5 Å². The maximum Gasteiger partial charge on any atom is 0.287 e. The molecule has 4 nitrogen and oxygen atoms in total. The smallest absolute Gasteiger partial charge is 0.287 e. The Morgan fingerprint density at radius 1 is 1.44 bits per heavy atom. The van der Waals surface area contributed by atoms with E-state index in [0.29, 0.717) is 12.3 Å². The summed E-state index contributed by atoms with van der Waals surface area (Å²) < 4.78 is 5.45. The third kappa shape index (κ3) is 2.99. The molecular weight excluding hydrogens is 252 g/mol. The predicted molar refractivity (Wildman–Crippen MR) is 69.3 cm³/mol. The molecule has 0 aromatic carbocycles. The van der Waals surface area contributed by atoms with Crippen LogP contribution < -0.4 is 5.32 Å². The van der Waals surface area contributed by atoms with Gasteiger partial charge in [0.15, 0.2) is 5.76 Å². The largest absolute Gasteiger partial charge is 0.451 e. The highest BCUT2D eigenvalue weighted by atomic mass is 35.5. The van der Waals surface area contributed by atoms with Crippen molar-refractivity contribution in [2.75, 3.05) is 6.54 Å². The van der Waals surface area contributed by atoms with Crippen LogP contribution in [-0.4, -0.2) is 17.4 Å². The van der Waals surface area contributed by atoms with Gasteiger partial charge in [0, 0.05) is 30.0 Å². The summed E-state index contributed by atoms with van der Waals surface area (Å²) in [6.45, 7) is 0.366. The Bertz CT molecular complexity index is 549. The number of amides is 1. The first-order valence-corrected chi connectivity index (χ1v) is 5.78. The lowest BCUT2D eigenvalue weighted by atomic mass is 10.2. The number of carbonyl (C=O) groups excluding carboxylic acids is 1. The first-order chi connectivity index (χ1) is 8.81. The molecule has 0 spiro atoms. The molecule has 0 saturated carbocycles. The zero-order chi connectivity index (χ0) is 12.8. The maximum absolute atomic E-state index is 11.7. The van der Waals surface area contributed by atoms with Crippen LogP contribution in [0.3, 0.4) is 0 Å². The fraction of sp³-hybridized carbons (Fsp3) is 0.0769. The Kier molecular flexibility index (Phi) is 4.15. The van der Waals surface area contributed by atoms with Gasteiger partial charge in [0.1, 0.15) is 5.76 Å². The second-order valence-corrected chi connectivity index (χ2v) is 3.73. The van der Waals surface area contributed by atoms with Gasteiger partial charge in [-0.2, -0.15) is 0 Å². The van der Waals surface area contributed by atoms with Crippen LogP contribution in [-0.2, 0) is 0 Å². The summed E-state index contributed by atoms with van der Waals surface area (Å²) in [6, 6.07) is 7.04. The van der Waals surface area contributed by atoms with Crippen LogP contribution in [0.25, 0.3) is 11.3 Å². The van der Waals surface area contributed by atoms with Gasteiger partial charge in [0.05, 0.1) is 0 Å². The van der Waals surface area contributed by atoms with Crippen molar-refractivity contribution < 1.29 is 9.21 Å². The Balaban J connectivity index is 2.09. The third-order valence-corrected chi connectivity index (χ3v) is 2.42. The van der Waals surface area contributed by atoms with Crippen molar-refractivity contribution in [2.24, 2.45) is 0 Å². The Morgan fingerprint density at radius 3 is 3.06 bits per heavy atom. The first-order valence-electron chi connectivity index (χ1n) is 5.35. The molecule has 0 aliphatic carbocycles. The van der Waals surface area contributed by atoms with Gasteiger partial charge in [-0.25, -0.2) is 0 Å². The molecule has 0 aliphatic rings. The van der Waals surface area contributed by atoms with Crippen LogP contribution in [0.5, 0.6) is 0 Å². The number of halogens is 1. The van der Waals surface area contributed by atoms with E-state index in [4.69, 9.17) is 16.0 Å². The van der Waals surface area contributed by atoms with Gasteiger partial charge in [0.2, 0.25) is 0 Å². The van der Waals surface area contributed by atoms with Crippen LogP contribution in [0.2, 0.25) is 0 Å². The Labute approximate surface area is 109 Å². The summed E-state index contributed by atoms with van der Waals surface area (Å²) in [4.78, 5) is 15.7. The summed E-state index contributed by atoms with van der Waals surface area (Å²) in [7, 11) is 0. The Morgan fingerprint density at radius 2 is 2.33 bits per heavy atom. The second kappa shape index (κ2) is 6.02. The highest BCUT2D eigenvalue weighted by Gasteiger charge is 2.11. The molecule has 0 atom stereocenters. The number of nitrogens with zero attached hydrogens (tertiary/aromatic N) is 1. The molecule has 92 valence electrons. The molecule has 0 saturated heterocycles. The summed E-state index contributed by atoms with van der Waals surface area (Å²) in [5.74, 6) is 0.595. The lowest BCUT2D eigenvalue weighted by molar-refractivity contribution is 0.0931. The van der Waals surface area contributed by atoms with Crippen molar-refractivity contribution in [3.05, 3.63) is 54.0 Å². The quantitative estimate of drug-likeness (QED) is 0.922. The fourth-order valence-corrected chi connectivity index (χ4v) is 1.50. The van der Waals surface area contributed by atoms with Gasteiger partial charge in [-0.1, -0.05) is 17.7 Å². The fourth-order valence-electron chi connectivity index (χ4n) is 1.41. The lowest BCUT2D eigenvalue weighted by Gasteiger charge is -1.98. The van der Waals surface area contributed by atoms with Gasteiger partial charge in [-0.3, -0.25) is 9.78 Å². The first kappa shape index (κ1) is 12.4. The number of pyridine rings is 1. The highest BCUT2D eigenvalue weighted by molar-refractivity contribution is 6.25. The molecule has 0 radical (unpaired) electrons. The van der Waals surface area contributed by atoms with E-state index in [0.717, 1.165) is 5.56 Å². The van der Waals surface area contributed by atoms with Crippen LogP contribution in [0.15, 0.2) is 52.7 Å². The molecule has 5 heteroatoms. The molecule has 2 aromatic rings. The summed E-state index contributed by atoms with van der Waals surface area (Å²) >= 11 is 5.35. The molecule has 0 unspecified atom stereocenters. The van der Waals surface area contributed by atoms with Crippen LogP contribution in [0.1, 0.15) is 10.6 Å². The van der Waals surface area contributed by atoms with Crippen molar-refractivity contribution in [3.63, 3.8) is 0 Å². The van der Waals surface area contributed by atoms with E-state index in [2.05, 4.69) is 10.3 Å². The molecule has 0 bridgehead atoms. The number of nitrogens with one attached hydrogen (secondary N) is 1. The third-order valence-electron chi connectivity index (χ3n) is 2.25. The van der Waals surface area contributed by atoms with Gasteiger partial charge in [0.25, 0.3) is 5.91 Å². The number of furan rings is 1. The normalized spacial score (nSPS) is 10.7. The van der Waals surface area contributed by atoms with E-state index in [1.54, 1.807) is 30.6 Å². The number of hydrogen-bond donors (Lipinski definition) is 1. The number of rotatable bonds is 4. The van der Waals surface area contributed by atoms with E-state index < -0.39 is 0 Å². The number of carbonyl (C=O) groups is 1. The van der Waals surface area contributed by atoms with Crippen LogP contribution in [0, 0.1) is 0 Å². The monoisotopic (exact) mass is 262 g/mol. The molecule has 1 amide bonds. The van der Waals surface area contributed by atoms with Crippen molar-refractivity contribution in [2.45, 2.75) is 0 Å². The topological polar surface area (TPSA) is 55.1 Å². The molecule has 0 aliphatic heterocycles. The lowest BCUT2D eigenvalue weighted by Crippen LogP contribution is -2.22. The molecule has 18 heavy (non-hydrogen) atoms. The summed E-state index contributed by atoms with van der Waals surface area (Å²) in [6.07, 6.45) is 4.99. The molecule has 2 aromatic heterocycles. The Hall–Kier alpha value is -2.07. The van der Waals surface area contributed by atoms with Crippen molar-refractivity contribution in [3.8, 4) is 11.3 Å². The summed E-state index contributed by atoms with van der Waals surface area (Å²) in [5.41, 5.74) is 2.18. The average Bonchev–Trinajstić information content (AvgIpc) is 2.89. The van der Waals surface area contributed by atoms with Crippen molar-refractivity contribution in [1.29, 1.82) is 0 Å². The van der Waals surface area contributed by atoms with E-state index in [1.807, 2.05) is 12.1 Å². The van der Waals surface area contributed by atoms with Crippen LogP contribution >= 0.6 is 11.6 Å². The van der Waals surface area contributed by atoms with Gasteiger partial charge >= 0.3 is 0 Å². The maximum atomic E-state index is 11.7. The number of hydrogen-bond acceptors (Lipinski definition) is 3. The number of aromatic nitrogens is 1. The van der Waals surface area contributed by atoms with E-state index in [9.17, 15) is 4.79 Å². The van der Waals surface area contributed by atoms with E-state index in [1.165, 1.54) is 5.54 Å². The molecule has 2 rings (SSSR count). The minimum absolute atomic E-state index is 0.261. The zero-order valence-electron chi connectivity index (χ0n) is 9.47. The van der Waals surface area contributed by atoms with Gasteiger partial charge in [-0.05, 0) is 24.3 Å².